The fourth-order valence-corrected chi connectivity index (χ4v) is 2.77. The molecule has 0 spiro atoms. The molecule has 0 N–H and O–H groups in total. The SMILES string of the molecule is CC(=O)N1CC(N2CCc3ccccc3C2)C1. The highest BCUT2D eigenvalue weighted by atomic mass is 16.2. The van der Waals surface area contributed by atoms with Crippen molar-refractivity contribution >= 4 is 5.91 Å². The van der Waals surface area contributed by atoms with Gasteiger partial charge in [-0.1, -0.05) is 24.3 Å². The molecule has 3 rings (SSSR count). The topological polar surface area (TPSA) is 23.6 Å². The van der Waals surface area contributed by atoms with Crippen molar-refractivity contribution in [3.05, 3.63) is 35.4 Å². The summed E-state index contributed by atoms with van der Waals surface area (Å²) in [6.45, 7) is 5.66. The second-order valence-corrected chi connectivity index (χ2v) is 5.07. The van der Waals surface area contributed by atoms with Crippen LogP contribution in [0.5, 0.6) is 0 Å². The van der Waals surface area contributed by atoms with Gasteiger partial charge in [0, 0.05) is 39.1 Å². The molecule has 1 aromatic rings. The first-order valence-corrected chi connectivity index (χ1v) is 6.30. The van der Waals surface area contributed by atoms with E-state index in [2.05, 4.69) is 29.2 Å². The first-order valence-electron chi connectivity index (χ1n) is 6.30. The van der Waals surface area contributed by atoms with Crippen molar-refractivity contribution in [1.82, 2.24) is 9.80 Å². The molecule has 90 valence electrons. The summed E-state index contributed by atoms with van der Waals surface area (Å²) in [6.07, 6.45) is 1.15. The summed E-state index contributed by atoms with van der Waals surface area (Å²) in [5, 5.41) is 0. The Bertz CT molecular complexity index is 438. The molecule has 3 nitrogen and oxygen atoms in total. The molecular weight excluding hydrogens is 212 g/mol. The van der Waals surface area contributed by atoms with Crippen LogP contribution in [0.4, 0.5) is 0 Å². The predicted octanol–water partition coefficient (Wildman–Crippen LogP) is 1.28. The number of likely N-dealkylation sites (tertiary alicyclic amines) is 1. The molecule has 2 aliphatic heterocycles. The Morgan fingerprint density at radius 3 is 2.65 bits per heavy atom. The summed E-state index contributed by atoms with van der Waals surface area (Å²) in [6, 6.07) is 9.27. The summed E-state index contributed by atoms with van der Waals surface area (Å²) in [4.78, 5) is 15.6. The highest BCUT2D eigenvalue weighted by Gasteiger charge is 2.34. The van der Waals surface area contributed by atoms with Crippen LogP contribution in [0.2, 0.25) is 0 Å². The zero-order chi connectivity index (χ0) is 11.8. The van der Waals surface area contributed by atoms with Crippen LogP contribution < -0.4 is 0 Å². The number of hydrogen-bond acceptors (Lipinski definition) is 2. The standard InChI is InChI=1S/C14H18N2O/c1-11(17)16-9-14(10-16)15-7-6-12-4-2-3-5-13(12)8-15/h2-5,14H,6-10H2,1H3. The third kappa shape index (κ3) is 1.95. The largest absolute Gasteiger partial charge is 0.340 e. The first kappa shape index (κ1) is 10.8. The van der Waals surface area contributed by atoms with Crippen LogP contribution in [0.1, 0.15) is 18.1 Å². The third-order valence-electron chi connectivity index (χ3n) is 3.98. The van der Waals surface area contributed by atoms with Gasteiger partial charge in [0.15, 0.2) is 0 Å². The summed E-state index contributed by atoms with van der Waals surface area (Å²) < 4.78 is 0. The molecule has 0 aromatic heterocycles. The number of nitrogens with zero attached hydrogens (tertiary/aromatic N) is 2. The van der Waals surface area contributed by atoms with Gasteiger partial charge in [-0.05, 0) is 17.5 Å². The van der Waals surface area contributed by atoms with Gasteiger partial charge in [-0.15, -0.1) is 0 Å². The van der Waals surface area contributed by atoms with Crippen molar-refractivity contribution in [3.8, 4) is 0 Å². The van der Waals surface area contributed by atoms with E-state index in [9.17, 15) is 4.79 Å². The van der Waals surface area contributed by atoms with E-state index >= 15 is 0 Å². The summed E-state index contributed by atoms with van der Waals surface area (Å²) in [7, 11) is 0. The molecule has 1 aromatic carbocycles. The summed E-state index contributed by atoms with van der Waals surface area (Å²) in [5.41, 5.74) is 2.95. The lowest BCUT2D eigenvalue weighted by atomic mass is 9.96. The minimum atomic E-state index is 0.207. The maximum atomic E-state index is 11.2. The zero-order valence-electron chi connectivity index (χ0n) is 10.2. The van der Waals surface area contributed by atoms with Crippen LogP contribution in [-0.2, 0) is 17.8 Å². The Morgan fingerprint density at radius 1 is 1.24 bits per heavy atom. The van der Waals surface area contributed by atoms with E-state index in [-0.39, 0.29) is 5.91 Å². The highest BCUT2D eigenvalue weighted by molar-refractivity contribution is 5.74. The number of amides is 1. The predicted molar refractivity (Wildman–Crippen MR) is 66.6 cm³/mol. The van der Waals surface area contributed by atoms with Crippen molar-refractivity contribution in [1.29, 1.82) is 0 Å². The lowest BCUT2D eigenvalue weighted by molar-refractivity contribution is -0.136. The number of fused-ring (bicyclic) bond motifs is 1. The molecule has 2 aliphatic rings. The smallest absolute Gasteiger partial charge is 0.219 e. The molecule has 17 heavy (non-hydrogen) atoms. The average Bonchev–Trinajstić information content (AvgIpc) is 2.26. The normalized spacial score (nSPS) is 20.9. The molecule has 0 aliphatic carbocycles. The number of rotatable bonds is 1. The number of hydrogen-bond donors (Lipinski definition) is 0. The van der Waals surface area contributed by atoms with Crippen molar-refractivity contribution in [2.45, 2.75) is 25.9 Å². The Morgan fingerprint density at radius 2 is 1.94 bits per heavy atom. The molecule has 0 saturated carbocycles. The molecule has 0 radical (unpaired) electrons. The van der Waals surface area contributed by atoms with Gasteiger partial charge in [0.05, 0.1) is 0 Å². The first-order chi connectivity index (χ1) is 8.24. The molecular formula is C14H18N2O. The Hall–Kier alpha value is -1.35. The molecule has 0 unspecified atom stereocenters. The zero-order valence-corrected chi connectivity index (χ0v) is 10.2. The van der Waals surface area contributed by atoms with E-state index in [1.54, 1.807) is 6.92 Å². The van der Waals surface area contributed by atoms with Crippen LogP contribution in [0, 0.1) is 0 Å². The maximum Gasteiger partial charge on any atom is 0.219 e. The van der Waals surface area contributed by atoms with E-state index < -0.39 is 0 Å². The van der Waals surface area contributed by atoms with Crippen molar-refractivity contribution in [3.63, 3.8) is 0 Å². The molecule has 2 heterocycles. The monoisotopic (exact) mass is 230 g/mol. The van der Waals surface area contributed by atoms with Crippen molar-refractivity contribution in [2.75, 3.05) is 19.6 Å². The summed E-state index contributed by atoms with van der Waals surface area (Å²) in [5.74, 6) is 0.207. The van der Waals surface area contributed by atoms with Crippen LogP contribution in [0.3, 0.4) is 0 Å². The van der Waals surface area contributed by atoms with Crippen LogP contribution in [0.15, 0.2) is 24.3 Å². The van der Waals surface area contributed by atoms with Crippen molar-refractivity contribution < 1.29 is 4.79 Å². The number of benzene rings is 1. The Balaban J connectivity index is 1.64. The fraction of sp³-hybridized carbons (Fsp3) is 0.500. The fourth-order valence-electron chi connectivity index (χ4n) is 2.77. The molecule has 1 amide bonds. The van der Waals surface area contributed by atoms with Gasteiger partial charge in [-0.25, -0.2) is 0 Å². The molecule has 1 fully saturated rings. The Labute approximate surface area is 102 Å². The van der Waals surface area contributed by atoms with E-state index in [4.69, 9.17) is 0 Å². The Kier molecular flexibility index (Phi) is 2.63. The van der Waals surface area contributed by atoms with E-state index in [0.29, 0.717) is 6.04 Å². The average molecular weight is 230 g/mol. The highest BCUT2D eigenvalue weighted by Crippen LogP contribution is 2.24. The van der Waals surface area contributed by atoms with E-state index in [0.717, 1.165) is 32.6 Å². The minimum Gasteiger partial charge on any atom is -0.340 e. The maximum absolute atomic E-state index is 11.2. The van der Waals surface area contributed by atoms with Gasteiger partial charge in [0.2, 0.25) is 5.91 Å². The van der Waals surface area contributed by atoms with Crippen LogP contribution in [0.25, 0.3) is 0 Å². The van der Waals surface area contributed by atoms with Gasteiger partial charge in [-0.3, -0.25) is 9.69 Å². The molecule has 3 heteroatoms. The van der Waals surface area contributed by atoms with Gasteiger partial charge in [0.1, 0.15) is 0 Å². The van der Waals surface area contributed by atoms with Crippen molar-refractivity contribution in [2.24, 2.45) is 0 Å². The van der Waals surface area contributed by atoms with Gasteiger partial charge in [-0.2, -0.15) is 0 Å². The summed E-state index contributed by atoms with van der Waals surface area (Å²) >= 11 is 0. The van der Waals surface area contributed by atoms with Crippen LogP contribution >= 0.6 is 0 Å². The lowest BCUT2D eigenvalue weighted by Crippen LogP contribution is -2.61. The minimum absolute atomic E-state index is 0.207. The second-order valence-electron chi connectivity index (χ2n) is 5.07. The lowest BCUT2D eigenvalue weighted by Gasteiger charge is -2.46. The van der Waals surface area contributed by atoms with Gasteiger partial charge >= 0.3 is 0 Å². The van der Waals surface area contributed by atoms with E-state index in [1.165, 1.54) is 11.1 Å². The number of carbonyl (C=O) groups excluding carboxylic acids is 1. The third-order valence-corrected chi connectivity index (χ3v) is 3.98. The van der Waals surface area contributed by atoms with Gasteiger partial charge < -0.3 is 4.90 Å². The van der Waals surface area contributed by atoms with E-state index in [1.807, 2.05) is 4.90 Å². The second kappa shape index (κ2) is 4.15. The quantitative estimate of drug-likeness (QED) is 0.725. The molecule has 0 atom stereocenters. The molecule has 0 bridgehead atoms. The van der Waals surface area contributed by atoms with Crippen LogP contribution in [-0.4, -0.2) is 41.4 Å². The molecule has 1 saturated heterocycles. The van der Waals surface area contributed by atoms with Gasteiger partial charge in [0.25, 0.3) is 0 Å². The number of carbonyl (C=O) groups is 1.